The van der Waals surface area contributed by atoms with Gasteiger partial charge in [-0.3, -0.25) is 14.6 Å². The first-order valence-corrected chi connectivity index (χ1v) is 10.4. The van der Waals surface area contributed by atoms with Gasteiger partial charge in [0, 0.05) is 58.5 Å². The summed E-state index contributed by atoms with van der Waals surface area (Å²) in [5, 5.41) is 6.05. The van der Waals surface area contributed by atoms with Crippen LogP contribution in [0.1, 0.15) is 19.8 Å². The number of rotatable bonds is 6. The van der Waals surface area contributed by atoms with Crippen LogP contribution in [0.15, 0.2) is 29.3 Å². The Bertz CT molecular complexity index is 762. The Balaban J connectivity index is 0.00000341. The van der Waals surface area contributed by atoms with Crippen molar-refractivity contribution in [3.63, 3.8) is 0 Å². The Morgan fingerprint density at radius 1 is 1.23 bits per heavy atom. The summed E-state index contributed by atoms with van der Waals surface area (Å²) < 4.78 is 11.3. The number of amides is 2. The van der Waals surface area contributed by atoms with Gasteiger partial charge in [0.05, 0.1) is 6.54 Å². The average molecular weight is 545 g/mol. The minimum absolute atomic E-state index is 0. The third-order valence-corrected chi connectivity index (χ3v) is 5.12. The van der Waals surface area contributed by atoms with Gasteiger partial charge in [-0.25, -0.2) is 0 Å². The van der Waals surface area contributed by atoms with E-state index in [0.717, 1.165) is 31.9 Å². The lowest BCUT2D eigenvalue weighted by Gasteiger charge is -2.37. The lowest BCUT2D eigenvalue weighted by Crippen LogP contribution is -2.55. The third-order valence-electron chi connectivity index (χ3n) is 5.12. The third kappa shape index (κ3) is 7.53. The van der Waals surface area contributed by atoms with Crippen LogP contribution in [0.5, 0.6) is 5.75 Å². The standard InChI is InChI=1S/C21H31N5O4.HI/c1-16(27)24-17-5-3-6-18(15-17)29-14-8-23-21(22-2)26-11-9-25(10-12-26)20(28)19-7-4-13-30-19;/h3,5-6,15,19H,4,7-14H2,1-2H3,(H,22,23)(H,24,27);1H. The molecule has 0 aromatic heterocycles. The molecule has 9 nitrogen and oxygen atoms in total. The molecule has 2 amide bonds. The number of aliphatic imine (C=N–C) groups is 1. The zero-order valence-corrected chi connectivity index (χ0v) is 20.5. The first-order chi connectivity index (χ1) is 14.6. The van der Waals surface area contributed by atoms with E-state index in [-0.39, 0.29) is 41.9 Å². The molecule has 1 aromatic rings. The van der Waals surface area contributed by atoms with Crippen LogP contribution in [0.3, 0.4) is 0 Å². The van der Waals surface area contributed by atoms with Gasteiger partial charge in [-0.05, 0) is 25.0 Å². The quantitative estimate of drug-likeness (QED) is 0.244. The summed E-state index contributed by atoms with van der Waals surface area (Å²) in [7, 11) is 1.75. The maximum Gasteiger partial charge on any atom is 0.251 e. The van der Waals surface area contributed by atoms with Crippen LogP contribution in [0.25, 0.3) is 0 Å². The van der Waals surface area contributed by atoms with E-state index in [1.807, 2.05) is 23.1 Å². The lowest BCUT2D eigenvalue weighted by molar-refractivity contribution is -0.142. The molecule has 2 aliphatic heterocycles. The fourth-order valence-corrected chi connectivity index (χ4v) is 3.65. The molecule has 1 atom stereocenters. The summed E-state index contributed by atoms with van der Waals surface area (Å²) in [6.45, 7) is 6.02. The normalized spacial score (nSPS) is 18.9. The van der Waals surface area contributed by atoms with Crippen molar-refractivity contribution < 1.29 is 19.1 Å². The Kier molecular flexibility index (Phi) is 10.3. The largest absolute Gasteiger partial charge is 0.492 e. The van der Waals surface area contributed by atoms with Crippen molar-refractivity contribution >= 4 is 47.4 Å². The Hall–Kier alpha value is -2.08. The van der Waals surface area contributed by atoms with E-state index in [0.29, 0.717) is 44.3 Å². The zero-order chi connectivity index (χ0) is 21.3. The highest BCUT2D eigenvalue weighted by atomic mass is 127. The van der Waals surface area contributed by atoms with E-state index in [4.69, 9.17) is 9.47 Å². The molecule has 2 saturated heterocycles. The SMILES string of the molecule is CN=C(NCCOc1cccc(NC(C)=O)c1)N1CCN(C(=O)C2CCCO2)CC1.I. The number of nitrogens with one attached hydrogen (secondary N) is 2. The van der Waals surface area contributed by atoms with Crippen molar-refractivity contribution in [1.82, 2.24) is 15.1 Å². The fourth-order valence-electron chi connectivity index (χ4n) is 3.65. The number of piperazine rings is 1. The summed E-state index contributed by atoms with van der Waals surface area (Å²) in [6, 6.07) is 7.30. The van der Waals surface area contributed by atoms with Crippen molar-refractivity contribution in [3.05, 3.63) is 24.3 Å². The van der Waals surface area contributed by atoms with Gasteiger partial charge in [0.1, 0.15) is 18.5 Å². The molecule has 2 fully saturated rings. The monoisotopic (exact) mass is 545 g/mol. The minimum atomic E-state index is -0.254. The number of carbonyl (C=O) groups excluding carboxylic acids is 2. The Morgan fingerprint density at radius 3 is 2.61 bits per heavy atom. The predicted molar refractivity (Wildman–Crippen MR) is 130 cm³/mol. The first kappa shape index (κ1) is 25.2. The molecule has 3 rings (SSSR count). The number of anilines is 1. The summed E-state index contributed by atoms with van der Waals surface area (Å²) in [6.07, 6.45) is 1.54. The maximum absolute atomic E-state index is 12.5. The van der Waals surface area contributed by atoms with Crippen LogP contribution in [-0.2, 0) is 14.3 Å². The molecule has 172 valence electrons. The minimum Gasteiger partial charge on any atom is -0.492 e. The van der Waals surface area contributed by atoms with Gasteiger partial charge >= 0.3 is 0 Å². The second-order valence-electron chi connectivity index (χ2n) is 7.35. The number of carbonyl (C=O) groups is 2. The second-order valence-corrected chi connectivity index (χ2v) is 7.35. The van der Waals surface area contributed by atoms with E-state index in [1.165, 1.54) is 6.92 Å². The number of ether oxygens (including phenoxy) is 2. The molecule has 0 radical (unpaired) electrons. The topological polar surface area (TPSA) is 95.5 Å². The van der Waals surface area contributed by atoms with Crippen LogP contribution in [0.2, 0.25) is 0 Å². The van der Waals surface area contributed by atoms with Crippen molar-refractivity contribution in [2.24, 2.45) is 4.99 Å². The molecule has 0 bridgehead atoms. The smallest absolute Gasteiger partial charge is 0.251 e. The highest BCUT2D eigenvalue weighted by molar-refractivity contribution is 14.0. The molecular weight excluding hydrogens is 513 g/mol. The summed E-state index contributed by atoms with van der Waals surface area (Å²) in [4.78, 5) is 32.0. The van der Waals surface area contributed by atoms with Gasteiger partial charge < -0.3 is 29.9 Å². The number of halogens is 1. The highest BCUT2D eigenvalue weighted by Crippen LogP contribution is 2.17. The second kappa shape index (κ2) is 12.7. The molecule has 0 saturated carbocycles. The molecule has 2 N–H and O–H groups in total. The first-order valence-electron chi connectivity index (χ1n) is 10.4. The van der Waals surface area contributed by atoms with Crippen molar-refractivity contribution in [2.75, 3.05) is 58.3 Å². The molecule has 2 aliphatic rings. The van der Waals surface area contributed by atoms with Gasteiger partial charge in [-0.15, -0.1) is 24.0 Å². The molecule has 1 unspecified atom stereocenters. The number of benzene rings is 1. The lowest BCUT2D eigenvalue weighted by atomic mass is 10.2. The molecule has 2 heterocycles. The van der Waals surface area contributed by atoms with Gasteiger partial charge in [-0.1, -0.05) is 6.07 Å². The van der Waals surface area contributed by atoms with Gasteiger partial charge in [0.25, 0.3) is 5.91 Å². The fraction of sp³-hybridized carbons (Fsp3) is 0.571. The van der Waals surface area contributed by atoms with Crippen molar-refractivity contribution in [2.45, 2.75) is 25.9 Å². The van der Waals surface area contributed by atoms with Crippen molar-refractivity contribution in [3.8, 4) is 5.75 Å². The van der Waals surface area contributed by atoms with E-state index >= 15 is 0 Å². The van der Waals surface area contributed by atoms with Gasteiger partial charge in [0.15, 0.2) is 5.96 Å². The number of guanidine groups is 1. The number of nitrogens with zero attached hydrogens (tertiary/aromatic N) is 3. The van der Waals surface area contributed by atoms with Gasteiger partial charge in [0.2, 0.25) is 5.91 Å². The molecule has 31 heavy (non-hydrogen) atoms. The molecule has 1 aromatic carbocycles. The number of hydrogen-bond donors (Lipinski definition) is 2. The van der Waals surface area contributed by atoms with Crippen LogP contribution in [-0.4, -0.2) is 86.7 Å². The predicted octanol–water partition coefficient (Wildman–Crippen LogP) is 1.54. The molecule has 0 aliphatic carbocycles. The maximum atomic E-state index is 12.5. The molecule has 0 spiro atoms. The summed E-state index contributed by atoms with van der Waals surface area (Å²) >= 11 is 0. The van der Waals surface area contributed by atoms with Gasteiger partial charge in [-0.2, -0.15) is 0 Å². The van der Waals surface area contributed by atoms with E-state index < -0.39 is 0 Å². The Morgan fingerprint density at radius 2 is 1.97 bits per heavy atom. The number of hydrogen-bond acceptors (Lipinski definition) is 5. The average Bonchev–Trinajstić information content (AvgIpc) is 3.28. The van der Waals surface area contributed by atoms with Crippen molar-refractivity contribution in [1.29, 1.82) is 0 Å². The van der Waals surface area contributed by atoms with Crippen LogP contribution < -0.4 is 15.4 Å². The summed E-state index contributed by atoms with van der Waals surface area (Å²) in [5.41, 5.74) is 0.708. The van der Waals surface area contributed by atoms with Crippen LogP contribution in [0.4, 0.5) is 5.69 Å². The van der Waals surface area contributed by atoms with E-state index in [1.54, 1.807) is 13.1 Å². The van der Waals surface area contributed by atoms with E-state index in [9.17, 15) is 9.59 Å². The molecule has 10 heteroatoms. The Labute approximate surface area is 200 Å². The molecular formula is C21H32IN5O4. The summed E-state index contributed by atoms with van der Waals surface area (Å²) in [5.74, 6) is 1.49. The van der Waals surface area contributed by atoms with Crippen LogP contribution in [0, 0.1) is 0 Å². The van der Waals surface area contributed by atoms with Crippen LogP contribution >= 0.6 is 24.0 Å². The highest BCUT2D eigenvalue weighted by Gasteiger charge is 2.30. The zero-order valence-electron chi connectivity index (χ0n) is 18.1. The van der Waals surface area contributed by atoms with E-state index in [2.05, 4.69) is 20.5 Å².